The van der Waals surface area contributed by atoms with Crippen LogP contribution in [0.5, 0.6) is 5.75 Å². The molecule has 0 fully saturated rings. The van der Waals surface area contributed by atoms with Crippen molar-refractivity contribution in [1.82, 2.24) is 5.43 Å². The van der Waals surface area contributed by atoms with Gasteiger partial charge in [0.1, 0.15) is 12.3 Å². The zero-order chi connectivity index (χ0) is 27.8. The van der Waals surface area contributed by atoms with Gasteiger partial charge in [-0.1, -0.05) is 54.1 Å². The van der Waals surface area contributed by atoms with E-state index in [2.05, 4.69) is 10.5 Å². The van der Waals surface area contributed by atoms with Crippen molar-refractivity contribution in [2.45, 2.75) is 11.8 Å². The summed E-state index contributed by atoms with van der Waals surface area (Å²) in [5.74, 6) is -0.784. The lowest BCUT2D eigenvalue weighted by atomic mass is 10.2. The summed E-state index contributed by atoms with van der Waals surface area (Å²) in [5, 5.41) is 4.31. The first-order valence-corrected chi connectivity index (χ1v) is 13.6. The maximum Gasteiger partial charge on any atom is 0.343 e. The fourth-order valence-corrected chi connectivity index (χ4v) is 5.09. The summed E-state index contributed by atoms with van der Waals surface area (Å²) >= 11 is 6.24. The van der Waals surface area contributed by atoms with E-state index in [1.54, 1.807) is 85.8 Å². The molecule has 198 valence electrons. The third-order valence-corrected chi connectivity index (χ3v) is 7.76. The normalized spacial score (nSPS) is 11.2. The Morgan fingerprint density at radius 1 is 0.923 bits per heavy atom. The van der Waals surface area contributed by atoms with Crippen LogP contribution in [-0.2, 0) is 14.8 Å². The number of hydrogen-bond donors (Lipinski definition) is 1. The highest BCUT2D eigenvalue weighted by molar-refractivity contribution is 7.92. The van der Waals surface area contributed by atoms with Crippen LogP contribution in [0.2, 0.25) is 5.02 Å². The number of carbonyl (C=O) groups excluding carboxylic acids is 2. The molecule has 0 radical (unpaired) electrons. The first kappa shape index (κ1) is 27.6. The fraction of sp³-hybridized carbons (Fsp3) is 0.0690. The molecule has 8 nitrogen and oxygen atoms in total. The van der Waals surface area contributed by atoms with Gasteiger partial charge in [-0.3, -0.25) is 9.10 Å². The Morgan fingerprint density at radius 3 is 2.21 bits per heavy atom. The summed E-state index contributed by atoms with van der Waals surface area (Å²) in [4.78, 5) is 25.0. The summed E-state index contributed by atoms with van der Waals surface area (Å²) in [5.41, 5.74) is 4.42. The molecule has 0 aliphatic heterocycles. The van der Waals surface area contributed by atoms with Crippen LogP contribution in [0.4, 0.5) is 5.69 Å². The smallest absolute Gasteiger partial charge is 0.343 e. The number of anilines is 1. The largest absolute Gasteiger partial charge is 0.423 e. The molecule has 0 aliphatic carbocycles. The number of aryl methyl sites for hydroxylation is 1. The minimum absolute atomic E-state index is 0.0334. The zero-order valence-corrected chi connectivity index (χ0v) is 22.4. The Kier molecular flexibility index (Phi) is 8.75. The van der Waals surface area contributed by atoms with E-state index in [9.17, 15) is 18.0 Å². The van der Waals surface area contributed by atoms with Crippen molar-refractivity contribution in [2.75, 3.05) is 10.8 Å². The molecule has 39 heavy (non-hydrogen) atoms. The van der Waals surface area contributed by atoms with Crippen molar-refractivity contribution in [3.05, 3.63) is 125 Å². The average Bonchev–Trinajstić information content (AvgIpc) is 2.95. The van der Waals surface area contributed by atoms with Crippen LogP contribution in [0, 0.1) is 6.92 Å². The van der Waals surface area contributed by atoms with E-state index in [1.807, 2.05) is 6.07 Å². The number of esters is 1. The van der Waals surface area contributed by atoms with Gasteiger partial charge in [0, 0.05) is 5.02 Å². The summed E-state index contributed by atoms with van der Waals surface area (Å²) in [6.07, 6.45) is 1.39. The van der Waals surface area contributed by atoms with E-state index in [4.69, 9.17) is 16.3 Å². The van der Waals surface area contributed by atoms with Gasteiger partial charge in [-0.25, -0.2) is 18.6 Å². The highest BCUT2D eigenvalue weighted by Crippen LogP contribution is 2.28. The SMILES string of the molecule is Cc1ccc(N(CC(=O)N/N=C/c2ccc(OC(=O)c3ccccc3)cc2)S(=O)(=O)c2ccccc2)cc1Cl. The molecule has 4 aromatic carbocycles. The minimum Gasteiger partial charge on any atom is -0.423 e. The van der Waals surface area contributed by atoms with E-state index in [-0.39, 0.29) is 10.6 Å². The van der Waals surface area contributed by atoms with Gasteiger partial charge < -0.3 is 4.74 Å². The van der Waals surface area contributed by atoms with Crippen molar-refractivity contribution < 1.29 is 22.7 Å². The van der Waals surface area contributed by atoms with Gasteiger partial charge in [-0.15, -0.1) is 0 Å². The van der Waals surface area contributed by atoms with Crippen LogP contribution >= 0.6 is 11.6 Å². The minimum atomic E-state index is -4.07. The second-order valence-corrected chi connectivity index (χ2v) is 10.6. The number of hydrogen-bond acceptors (Lipinski definition) is 6. The third kappa shape index (κ3) is 7.10. The Labute approximate surface area is 231 Å². The maximum atomic E-state index is 13.4. The van der Waals surface area contributed by atoms with E-state index in [0.29, 0.717) is 21.9 Å². The van der Waals surface area contributed by atoms with Crippen LogP contribution in [0.15, 0.2) is 113 Å². The lowest BCUT2D eigenvalue weighted by Gasteiger charge is -2.24. The Balaban J connectivity index is 1.43. The van der Waals surface area contributed by atoms with E-state index in [1.165, 1.54) is 24.4 Å². The van der Waals surface area contributed by atoms with Gasteiger partial charge in [0.25, 0.3) is 15.9 Å². The number of ether oxygens (including phenoxy) is 1. The molecule has 0 saturated carbocycles. The molecule has 0 spiro atoms. The molecule has 0 bridgehead atoms. The molecule has 4 rings (SSSR count). The second kappa shape index (κ2) is 12.4. The van der Waals surface area contributed by atoms with Gasteiger partial charge in [-0.2, -0.15) is 5.10 Å². The van der Waals surface area contributed by atoms with Crippen LogP contribution in [0.25, 0.3) is 0 Å². The molecule has 0 aromatic heterocycles. The topological polar surface area (TPSA) is 105 Å². The van der Waals surface area contributed by atoms with Gasteiger partial charge in [0.15, 0.2) is 0 Å². The number of hydrazone groups is 1. The molecule has 0 aliphatic rings. The van der Waals surface area contributed by atoms with E-state index < -0.39 is 28.4 Å². The quantitative estimate of drug-likeness (QED) is 0.131. The summed E-state index contributed by atoms with van der Waals surface area (Å²) in [6, 6.07) is 27.7. The Morgan fingerprint density at radius 2 is 1.56 bits per heavy atom. The van der Waals surface area contributed by atoms with Crippen LogP contribution in [0.3, 0.4) is 0 Å². The predicted octanol–water partition coefficient (Wildman–Crippen LogP) is 5.21. The van der Waals surface area contributed by atoms with Crippen molar-refractivity contribution in [3.63, 3.8) is 0 Å². The van der Waals surface area contributed by atoms with E-state index >= 15 is 0 Å². The zero-order valence-electron chi connectivity index (χ0n) is 20.8. The number of benzene rings is 4. The molecular weight excluding hydrogens is 538 g/mol. The first-order chi connectivity index (χ1) is 18.7. The highest BCUT2D eigenvalue weighted by atomic mass is 35.5. The summed E-state index contributed by atoms with van der Waals surface area (Å²) < 4.78 is 33.1. The molecule has 10 heteroatoms. The van der Waals surface area contributed by atoms with Crippen molar-refractivity contribution in [3.8, 4) is 5.75 Å². The van der Waals surface area contributed by atoms with Crippen LogP contribution in [0.1, 0.15) is 21.5 Å². The molecule has 0 heterocycles. The number of nitrogens with one attached hydrogen (secondary N) is 1. The van der Waals surface area contributed by atoms with Crippen molar-refractivity contribution >= 4 is 45.4 Å². The molecule has 0 atom stereocenters. The fourth-order valence-electron chi connectivity index (χ4n) is 3.48. The number of halogens is 1. The number of amides is 1. The second-order valence-electron chi connectivity index (χ2n) is 8.38. The lowest BCUT2D eigenvalue weighted by Crippen LogP contribution is -2.39. The molecule has 0 unspecified atom stereocenters. The average molecular weight is 562 g/mol. The van der Waals surface area contributed by atoms with Gasteiger partial charge >= 0.3 is 5.97 Å². The van der Waals surface area contributed by atoms with Gasteiger partial charge in [0.2, 0.25) is 0 Å². The van der Waals surface area contributed by atoms with Crippen molar-refractivity contribution in [1.29, 1.82) is 0 Å². The number of sulfonamides is 1. The number of carbonyl (C=O) groups is 2. The maximum absolute atomic E-state index is 13.4. The highest BCUT2D eigenvalue weighted by Gasteiger charge is 2.27. The lowest BCUT2D eigenvalue weighted by molar-refractivity contribution is -0.119. The Hall–Kier alpha value is -4.47. The molecule has 4 aromatic rings. The van der Waals surface area contributed by atoms with Crippen LogP contribution in [-0.4, -0.2) is 33.1 Å². The summed E-state index contributed by atoms with van der Waals surface area (Å²) in [6.45, 7) is 1.27. The molecule has 1 amide bonds. The standard InChI is InChI=1S/C29H24ClN3O5S/c1-21-12-15-24(18-27(21)30)33(39(36,37)26-10-6-3-7-11-26)20-28(34)32-31-19-22-13-16-25(17-14-22)38-29(35)23-8-4-2-5-9-23/h2-19H,20H2,1H3,(H,32,34)/b31-19+. The van der Waals surface area contributed by atoms with E-state index in [0.717, 1.165) is 9.87 Å². The molecule has 1 N–H and O–H groups in total. The van der Waals surface area contributed by atoms with Crippen LogP contribution < -0.4 is 14.5 Å². The van der Waals surface area contributed by atoms with Gasteiger partial charge in [0.05, 0.1) is 22.4 Å². The molecular formula is C29H24ClN3O5S. The Bertz CT molecular complexity index is 1590. The molecule has 0 saturated heterocycles. The third-order valence-electron chi connectivity index (χ3n) is 5.56. The predicted molar refractivity (Wildman–Crippen MR) is 151 cm³/mol. The first-order valence-electron chi connectivity index (χ1n) is 11.8. The number of rotatable bonds is 9. The monoisotopic (exact) mass is 561 g/mol. The van der Waals surface area contributed by atoms with Gasteiger partial charge in [-0.05, 0) is 78.7 Å². The number of nitrogens with zero attached hydrogens (tertiary/aromatic N) is 2. The van der Waals surface area contributed by atoms with Crippen molar-refractivity contribution in [2.24, 2.45) is 5.10 Å². The summed E-state index contributed by atoms with van der Waals surface area (Å²) in [7, 11) is -4.07.